The monoisotopic (exact) mass is 692 g/mol. The van der Waals surface area contributed by atoms with Crippen LogP contribution in [0.2, 0.25) is 0 Å². The standard InChI is InChI=1S/C48H28N4O2/c1-3-14-31(15-4-1)43-35-19-10-9-13-30(35)24-25-37(43)46-50-45(34-23-22-29-12-7-8-18-33(29)26-34)51-47(52-46)38-21-11-20-36-39-27-42-40(28-41(39)53-44(36)38)49-48(54-42)32-16-5-2-6-17-32/h1-28H. The smallest absolute Gasteiger partial charge is 0.227 e. The molecule has 0 aliphatic rings. The predicted octanol–water partition coefficient (Wildman–Crippen LogP) is 12.6. The highest BCUT2D eigenvalue weighted by atomic mass is 16.4. The average molecular weight is 693 g/mol. The fourth-order valence-electron chi connectivity index (χ4n) is 7.55. The van der Waals surface area contributed by atoms with Crippen LogP contribution in [-0.2, 0) is 0 Å². The van der Waals surface area contributed by atoms with Crippen molar-refractivity contribution in [1.82, 2.24) is 19.9 Å². The summed E-state index contributed by atoms with van der Waals surface area (Å²) in [5, 5.41) is 6.41. The summed E-state index contributed by atoms with van der Waals surface area (Å²) in [6.07, 6.45) is 0. The zero-order valence-corrected chi connectivity index (χ0v) is 28.8. The highest BCUT2D eigenvalue weighted by Crippen LogP contribution is 2.41. The van der Waals surface area contributed by atoms with Gasteiger partial charge in [-0.25, -0.2) is 19.9 Å². The molecular weight excluding hydrogens is 665 g/mol. The number of oxazole rings is 1. The van der Waals surface area contributed by atoms with Gasteiger partial charge in [-0.2, -0.15) is 0 Å². The number of rotatable bonds is 5. The maximum absolute atomic E-state index is 6.68. The van der Waals surface area contributed by atoms with Gasteiger partial charge in [0.1, 0.15) is 16.7 Å². The minimum atomic E-state index is 0.521. The Labute approximate surface area is 309 Å². The summed E-state index contributed by atoms with van der Waals surface area (Å²) in [5.41, 5.74) is 8.50. The summed E-state index contributed by atoms with van der Waals surface area (Å²) in [6, 6.07) is 57.8. The maximum atomic E-state index is 6.68. The highest BCUT2D eigenvalue weighted by molar-refractivity contribution is 6.12. The van der Waals surface area contributed by atoms with E-state index < -0.39 is 0 Å². The van der Waals surface area contributed by atoms with Crippen molar-refractivity contribution in [1.29, 1.82) is 0 Å². The molecule has 8 aromatic carbocycles. The van der Waals surface area contributed by atoms with Crippen molar-refractivity contribution >= 4 is 54.6 Å². The number of hydrogen-bond donors (Lipinski definition) is 0. The van der Waals surface area contributed by atoms with Crippen LogP contribution in [0, 0.1) is 0 Å². The van der Waals surface area contributed by atoms with Crippen LogP contribution in [0.25, 0.3) is 111 Å². The van der Waals surface area contributed by atoms with Gasteiger partial charge in [-0.05, 0) is 63.5 Å². The Bertz CT molecular complexity index is 3220. The number of hydrogen-bond acceptors (Lipinski definition) is 6. The van der Waals surface area contributed by atoms with Crippen LogP contribution < -0.4 is 0 Å². The summed E-state index contributed by atoms with van der Waals surface area (Å²) >= 11 is 0. The van der Waals surface area contributed by atoms with Crippen molar-refractivity contribution in [2.75, 3.05) is 0 Å². The van der Waals surface area contributed by atoms with Gasteiger partial charge in [-0.15, -0.1) is 0 Å². The Morgan fingerprint density at radius 1 is 0.352 bits per heavy atom. The predicted molar refractivity (Wildman–Crippen MR) is 217 cm³/mol. The van der Waals surface area contributed by atoms with Crippen molar-refractivity contribution in [2.24, 2.45) is 0 Å². The largest absolute Gasteiger partial charge is 0.455 e. The van der Waals surface area contributed by atoms with E-state index in [2.05, 4.69) is 109 Å². The maximum Gasteiger partial charge on any atom is 0.227 e. The normalized spacial score (nSPS) is 11.7. The van der Waals surface area contributed by atoms with Gasteiger partial charge in [-0.3, -0.25) is 0 Å². The van der Waals surface area contributed by atoms with Gasteiger partial charge in [0.05, 0.1) is 5.56 Å². The van der Waals surface area contributed by atoms with Crippen molar-refractivity contribution in [3.8, 4) is 56.7 Å². The summed E-state index contributed by atoms with van der Waals surface area (Å²) in [6.45, 7) is 0. The third-order valence-corrected chi connectivity index (χ3v) is 10.1. The molecule has 0 fully saturated rings. The molecular formula is C48H28N4O2. The molecule has 54 heavy (non-hydrogen) atoms. The minimum Gasteiger partial charge on any atom is -0.455 e. The highest BCUT2D eigenvalue weighted by Gasteiger charge is 2.21. The first-order valence-electron chi connectivity index (χ1n) is 17.9. The van der Waals surface area contributed by atoms with E-state index in [-0.39, 0.29) is 0 Å². The van der Waals surface area contributed by atoms with Gasteiger partial charge < -0.3 is 8.83 Å². The van der Waals surface area contributed by atoms with Crippen LogP contribution in [0.3, 0.4) is 0 Å². The average Bonchev–Trinajstić information content (AvgIpc) is 3.83. The lowest BCUT2D eigenvalue weighted by atomic mass is 9.93. The van der Waals surface area contributed by atoms with Gasteiger partial charge in [0.15, 0.2) is 23.1 Å². The second kappa shape index (κ2) is 12.1. The molecule has 0 amide bonds. The molecule has 0 bridgehead atoms. The van der Waals surface area contributed by atoms with Gasteiger partial charge >= 0.3 is 0 Å². The fourth-order valence-corrected chi connectivity index (χ4v) is 7.55. The van der Waals surface area contributed by atoms with E-state index in [9.17, 15) is 0 Å². The lowest BCUT2D eigenvalue weighted by molar-refractivity contribution is 0.620. The molecule has 0 spiro atoms. The molecule has 3 aromatic heterocycles. The molecule has 252 valence electrons. The van der Waals surface area contributed by atoms with Crippen LogP contribution in [0.4, 0.5) is 0 Å². The summed E-state index contributed by atoms with van der Waals surface area (Å²) < 4.78 is 12.9. The van der Waals surface area contributed by atoms with Crippen molar-refractivity contribution in [2.45, 2.75) is 0 Å². The van der Waals surface area contributed by atoms with Gasteiger partial charge in [0.2, 0.25) is 5.89 Å². The minimum absolute atomic E-state index is 0.521. The molecule has 0 atom stereocenters. The van der Waals surface area contributed by atoms with Crippen LogP contribution in [-0.4, -0.2) is 19.9 Å². The van der Waals surface area contributed by atoms with E-state index in [1.54, 1.807) is 0 Å². The van der Waals surface area contributed by atoms with Gasteiger partial charge in [0, 0.05) is 39.1 Å². The Hall–Kier alpha value is -7.44. The SMILES string of the molecule is c1ccc(-c2nc3cc4oc5c(-c6nc(-c7ccc8ccccc8c7)nc(-c7ccc8ccccc8c7-c7ccccc7)n6)cccc5c4cc3o2)cc1. The Balaban J connectivity index is 1.15. The molecule has 0 saturated heterocycles. The lowest BCUT2D eigenvalue weighted by Gasteiger charge is -2.15. The summed E-state index contributed by atoms with van der Waals surface area (Å²) in [7, 11) is 0. The van der Waals surface area contributed by atoms with E-state index >= 15 is 0 Å². The lowest BCUT2D eigenvalue weighted by Crippen LogP contribution is -2.01. The Kier molecular flexibility index (Phi) is 6.75. The third-order valence-electron chi connectivity index (χ3n) is 10.1. The molecule has 11 rings (SSSR count). The van der Waals surface area contributed by atoms with E-state index in [1.807, 2.05) is 60.7 Å². The van der Waals surface area contributed by atoms with E-state index in [1.165, 1.54) is 0 Å². The van der Waals surface area contributed by atoms with Crippen LogP contribution >= 0.6 is 0 Å². The molecule has 0 aliphatic heterocycles. The third kappa shape index (κ3) is 4.96. The van der Waals surface area contributed by atoms with E-state index in [0.29, 0.717) is 40.1 Å². The van der Waals surface area contributed by atoms with E-state index in [0.717, 1.165) is 71.2 Å². The molecule has 11 aromatic rings. The number of fused-ring (bicyclic) bond motifs is 6. The zero-order valence-electron chi connectivity index (χ0n) is 28.8. The number of benzene rings is 8. The summed E-state index contributed by atoms with van der Waals surface area (Å²) in [5.74, 6) is 2.26. The first-order valence-corrected chi connectivity index (χ1v) is 17.9. The topological polar surface area (TPSA) is 77.8 Å². The Morgan fingerprint density at radius 2 is 1.02 bits per heavy atom. The first kappa shape index (κ1) is 30.2. The second-order valence-electron chi connectivity index (χ2n) is 13.4. The van der Waals surface area contributed by atoms with E-state index in [4.69, 9.17) is 28.8 Å². The van der Waals surface area contributed by atoms with Gasteiger partial charge in [-0.1, -0.05) is 127 Å². The van der Waals surface area contributed by atoms with Crippen LogP contribution in [0.1, 0.15) is 0 Å². The summed E-state index contributed by atoms with van der Waals surface area (Å²) in [4.78, 5) is 20.4. The number of para-hydroxylation sites is 1. The number of aromatic nitrogens is 4. The Morgan fingerprint density at radius 3 is 1.85 bits per heavy atom. The van der Waals surface area contributed by atoms with Crippen molar-refractivity contribution < 1.29 is 8.83 Å². The second-order valence-corrected chi connectivity index (χ2v) is 13.4. The van der Waals surface area contributed by atoms with Crippen LogP contribution in [0.5, 0.6) is 0 Å². The molecule has 0 aliphatic carbocycles. The zero-order chi connectivity index (χ0) is 35.6. The molecule has 3 heterocycles. The molecule has 0 radical (unpaired) electrons. The molecule has 0 saturated carbocycles. The van der Waals surface area contributed by atoms with Crippen LogP contribution in [0.15, 0.2) is 179 Å². The fraction of sp³-hybridized carbons (Fsp3) is 0. The van der Waals surface area contributed by atoms with Gasteiger partial charge in [0.25, 0.3) is 0 Å². The number of nitrogens with zero attached hydrogens (tertiary/aromatic N) is 4. The first-order chi connectivity index (χ1) is 26.7. The molecule has 0 unspecified atom stereocenters. The van der Waals surface area contributed by atoms with Crippen molar-refractivity contribution in [3.05, 3.63) is 170 Å². The van der Waals surface area contributed by atoms with Crippen molar-refractivity contribution in [3.63, 3.8) is 0 Å². The molecule has 6 nitrogen and oxygen atoms in total. The quantitative estimate of drug-likeness (QED) is 0.179. The molecule has 6 heteroatoms. The number of furan rings is 1. The molecule has 0 N–H and O–H groups in total.